The smallest absolute Gasteiger partial charge is 0.257 e. The van der Waals surface area contributed by atoms with Gasteiger partial charge in [0.05, 0.1) is 16.0 Å². The third-order valence-corrected chi connectivity index (χ3v) is 8.45. The van der Waals surface area contributed by atoms with Crippen molar-refractivity contribution in [3.05, 3.63) is 44.2 Å². The summed E-state index contributed by atoms with van der Waals surface area (Å²) in [7, 11) is -3.65. The normalized spacial score (nSPS) is 15.0. The molecule has 0 bridgehead atoms. The van der Waals surface area contributed by atoms with Crippen LogP contribution in [0.4, 0.5) is 5.00 Å². The highest BCUT2D eigenvalue weighted by atomic mass is 79.9. The average Bonchev–Trinajstić information content (AvgIpc) is 3.24. The molecule has 1 aliphatic rings. The maximum atomic E-state index is 12.8. The predicted octanol–water partition coefficient (Wildman–Crippen LogP) is 3.26. The molecule has 150 valence electrons. The van der Waals surface area contributed by atoms with Gasteiger partial charge in [-0.3, -0.25) is 9.59 Å². The van der Waals surface area contributed by atoms with Crippen molar-refractivity contribution in [2.45, 2.75) is 31.6 Å². The van der Waals surface area contributed by atoms with Gasteiger partial charge in [-0.15, -0.1) is 11.3 Å². The molecule has 1 aliphatic heterocycles. The lowest BCUT2D eigenvalue weighted by Gasteiger charge is -2.16. The van der Waals surface area contributed by atoms with Crippen LogP contribution in [0.5, 0.6) is 0 Å². The van der Waals surface area contributed by atoms with Crippen molar-refractivity contribution in [3.63, 3.8) is 0 Å². The van der Waals surface area contributed by atoms with Crippen molar-refractivity contribution in [3.8, 4) is 0 Å². The average molecular weight is 486 g/mol. The summed E-state index contributed by atoms with van der Waals surface area (Å²) in [5.41, 5.74) is 6.60. The highest BCUT2D eigenvalue weighted by Gasteiger charge is 2.28. The number of nitrogens with one attached hydrogen (secondary N) is 1. The zero-order chi connectivity index (χ0) is 20.6. The molecular weight excluding hydrogens is 466 g/mol. The minimum Gasteiger partial charge on any atom is -0.365 e. The quantitative estimate of drug-likeness (QED) is 0.676. The number of rotatable bonds is 5. The molecule has 28 heavy (non-hydrogen) atoms. The summed E-state index contributed by atoms with van der Waals surface area (Å²) in [4.78, 5) is 25.5. The van der Waals surface area contributed by atoms with Crippen LogP contribution in [-0.4, -0.2) is 37.6 Å². The van der Waals surface area contributed by atoms with E-state index in [1.165, 1.54) is 33.8 Å². The number of nitrogens with two attached hydrogens (primary N) is 1. The summed E-state index contributed by atoms with van der Waals surface area (Å²) >= 11 is 4.56. The lowest BCUT2D eigenvalue weighted by atomic mass is 10.1. The number of sulfonamides is 1. The molecule has 0 atom stereocenters. The van der Waals surface area contributed by atoms with E-state index in [1.54, 1.807) is 6.92 Å². The van der Waals surface area contributed by atoms with Crippen molar-refractivity contribution < 1.29 is 18.0 Å². The topological polar surface area (TPSA) is 110 Å². The molecule has 0 saturated carbocycles. The van der Waals surface area contributed by atoms with Crippen LogP contribution in [0.3, 0.4) is 0 Å². The highest BCUT2D eigenvalue weighted by molar-refractivity contribution is 9.10. The van der Waals surface area contributed by atoms with Gasteiger partial charge in [0.25, 0.3) is 11.8 Å². The summed E-state index contributed by atoms with van der Waals surface area (Å²) in [6.07, 6.45) is 1.66. The van der Waals surface area contributed by atoms with Gasteiger partial charge >= 0.3 is 0 Å². The summed E-state index contributed by atoms with van der Waals surface area (Å²) in [6.45, 7) is 4.56. The Morgan fingerprint density at radius 1 is 1.21 bits per heavy atom. The first kappa shape index (κ1) is 21.0. The van der Waals surface area contributed by atoms with E-state index in [1.807, 2.05) is 6.92 Å². The first-order valence-electron chi connectivity index (χ1n) is 8.63. The Morgan fingerprint density at radius 2 is 1.86 bits per heavy atom. The van der Waals surface area contributed by atoms with Gasteiger partial charge in [-0.05, 0) is 66.4 Å². The third kappa shape index (κ3) is 3.86. The van der Waals surface area contributed by atoms with Crippen LogP contribution in [0.2, 0.25) is 0 Å². The van der Waals surface area contributed by atoms with Gasteiger partial charge in [0.15, 0.2) is 0 Å². The number of amides is 2. The molecule has 1 fully saturated rings. The van der Waals surface area contributed by atoms with E-state index in [2.05, 4.69) is 21.2 Å². The molecule has 7 nitrogen and oxygen atoms in total. The van der Waals surface area contributed by atoms with Gasteiger partial charge in [-0.25, -0.2) is 8.42 Å². The molecule has 0 spiro atoms. The van der Waals surface area contributed by atoms with E-state index < -0.39 is 21.8 Å². The second-order valence-corrected chi connectivity index (χ2v) is 10.6. The monoisotopic (exact) mass is 485 g/mol. The zero-order valence-corrected chi connectivity index (χ0v) is 18.6. The number of anilines is 1. The van der Waals surface area contributed by atoms with E-state index in [9.17, 15) is 18.0 Å². The Morgan fingerprint density at radius 3 is 2.46 bits per heavy atom. The Hall–Kier alpha value is -1.75. The van der Waals surface area contributed by atoms with Crippen molar-refractivity contribution >= 4 is 54.1 Å². The van der Waals surface area contributed by atoms with Crippen LogP contribution in [0.1, 0.15) is 44.0 Å². The number of nitrogens with zero attached hydrogens (tertiary/aromatic N) is 1. The van der Waals surface area contributed by atoms with E-state index in [0.29, 0.717) is 22.6 Å². The van der Waals surface area contributed by atoms with Crippen molar-refractivity contribution in [2.24, 2.45) is 5.73 Å². The molecule has 0 unspecified atom stereocenters. The number of aryl methyl sites for hydroxylation is 1. The number of carbonyl (C=O) groups is 2. The van der Waals surface area contributed by atoms with Gasteiger partial charge in [-0.1, -0.05) is 0 Å². The fraction of sp³-hybridized carbons (Fsp3) is 0.333. The molecule has 0 aliphatic carbocycles. The van der Waals surface area contributed by atoms with Crippen LogP contribution in [0, 0.1) is 13.8 Å². The van der Waals surface area contributed by atoms with Crippen molar-refractivity contribution in [1.82, 2.24) is 4.31 Å². The second kappa shape index (κ2) is 7.94. The van der Waals surface area contributed by atoms with Crippen LogP contribution < -0.4 is 11.1 Å². The maximum Gasteiger partial charge on any atom is 0.257 e. The lowest BCUT2D eigenvalue weighted by Crippen LogP contribution is -2.28. The van der Waals surface area contributed by atoms with E-state index in [4.69, 9.17) is 5.73 Å². The summed E-state index contributed by atoms with van der Waals surface area (Å²) in [5.74, 6) is -1.14. The summed E-state index contributed by atoms with van der Waals surface area (Å²) in [6, 6.07) is 4.37. The van der Waals surface area contributed by atoms with E-state index in [-0.39, 0.29) is 16.0 Å². The molecule has 2 amide bonds. The first-order valence-corrected chi connectivity index (χ1v) is 11.7. The standard InChI is InChI=1S/C18H20BrN3O4S2/c1-10-11(2)27-18(15(10)16(20)23)21-17(24)13-9-12(5-6-14(13)19)28(25,26)22-7-3-4-8-22/h5-6,9H,3-4,7-8H2,1-2H3,(H2,20,23)(H,21,24). The van der Waals surface area contributed by atoms with Gasteiger partial charge in [-0.2, -0.15) is 4.31 Å². The fourth-order valence-corrected chi connectivity index (χ4v) is 6.13. The van der Waals surface area contributed by atoms with Gasteiger partial charge < -0.3 is 11.1 Å². The minimum atomic E-state index is -3.65. The van der Waals surface area contributed by atoms with Crippen LogP contribution >= 0.6 is 27.3 Å². The Balaban J connectivity index is 1.95. The third-order valence-electron chi connectivity index (χ3n) is 4.74. The zero-order valence-electron chi connectivity index (χ0n) is 15.4. The Labute approximate surface area is 176 Å². The lowest BCUT2D eigenvalue weighted by molar-refractivity contribution is 0.100. The molecule has 2 aromatic rings. The number of thiophene rings is 1. The largest absolute Gasteiger partial charge is 0.365 e. The molecule has 2 heterocycles. The van der Waals surface area contributed by atoms with Crippen LogP contribution in [0.15, 0.2) is 27.6 Å². The number of carbonyl (C=O) groups excluding carboxylic acids is 2. The summed E-state index contributed by atoms with van der Waals surface area (Å²) < 4.78 is 27.5. The molecule has 1 aromatic heterocycles. The number of benzene rings is 1. The fourth-order valence-electron chi connectivity index (χ4n) is 3.10. The Bertz CT molecular complexity index is 1060. The number of hydrogen-bond acceptors (Lipinski definition) is 5. The van der Waals surface area contributed by atoms with Crippen molar-refractivity contribution in [1.29, 1.82) is 0 Å². The van der Waals surface area contributed by atoms with Crippen molar-refractivity contribution in [2.75, 3.05) is 18.4 Å². The number of halogens is 1. The number of hydrogen-bond donors (Lipinski definition) is 2. The highest BCUT2D eigenvalue weighted by Crippen LogP contribution is 2.33. The van der Waals surface area contributed by atoms with Crippen LogP contribution in [0.25, 0.3) is 0 Å². The minimum absolute atomic E-state index is 0.0661. The van der Waals surface area contributed by atoms with Gasteiger partial charge in [0.2, 0.25) is 10.0 Å². The number of primary amides is 1. The van der Waals surface area contributed by atoms with Gasteiger partial charge in [0.1, 0.15) is 5.00 Å². The van der Waals surface area contributed by atoms with E-state index in [0.717, 1.165) is 23.3 Å². The van der Waals surface area contributed by atoms with Crippen LogP contribution in [-0.2, 0) is 10.0 Å². The van der Waals surface area contributed by atoms with Gasteiger partial charge in [0, 0.05) is 22.4 Å². The molecule has 1 saturated heterocycles. The maximum absolute atomic E-state index is 12.8. The second-order valence-electron chi connectivity index (χ2n) is 6.56. The molecule has 3 rings (SSSR count). The molecule has 0 radical (unpaired) electrons. The van der Waals surface area contributed by atoms with E-state index >= 15 is 0 Å². The summed E-state index contributed by atoms with van der Waals surface area (Å²) in [5, 5.41) is 3.05. The molecule has 10 heteroatoms. The molecular formula is C18H20BrN3O4S2. The first-order chi connectivity index (χ1) is 13.1. The Kier molecular flexibility index (Phi) is 5.95. The predicted molar refractivity (Wildman–Crippen MR) is 112 cm³/mol. The molecule has 1 aromatic carbocycles. The molecule has 3 N–H and O–H groups in total. The SMILES string of the molecule is Cc1sc(NC(=O)c2cc(S(=O)(=O)N3CCCC3)ccc2Br)c(C(N)=O)c1C.